The molecule has 0 atom stereocenters. The lowest BCUT2D eigenvalue weighted by Gasteiger charge is -2.50. The molecule has 0 amide bonds. The summed E-state index contributed by atoms with van der Waals surface area (Å²) in [4.78, 5) is 35.0. The third-order valence-electron chi connectivity index (χ3n) is 7.27. The number of H-pyrrole nitrogens is 1. The summed E-state index contributed by atoms with van der Waals surface area (Å²) in [6, 6.07) is 7.90. The maximum Gasteiger partial charge on any atom is 0.311 e. The molecule has 6 rings (SSSR count). The van der Waals surface area contributed by atoms with Crippen LogP contribution in [0.25, 0.3) is 22.8 Å². The Morgan fingerprint density at radius 2 is 1.78 bits per heavy atom. The topological polar surface area (TPSA) is 93.7 Å². The number of nitrogens with one attached hydrogen (secondary N) is 1. The number of aryl methyl sites for hydroxylation is 1. The number of rotatable bonds is 5. The first kappa shape index (κ1) is 21.1. The average Bonchev–Trinajstić information content (AvgIpc) is 3.31. The van der Waals surface area contributed by atoms with Crippen molar-refractivity contribution in [1.82, 2.24) is 24.9 Å². The number of pyridine rings is 1. The smallest absolute Gasteiger partial charge is 0.311 e. The number of thioether (sulfide) groups is 1. The van der Waals surface area contributed by atoms with E-state index in [2.05, 4.69) is 9.97 Å². The van der Waals surface area contributed by atoms with Gasteiger partial charge in [-0.3, -0.25) is 9.78 Å². The number of imidazole rings is 1. The molecule has 8 heteroatoms. The number of aromatic amines is 1. The van der Waals surface area contributed by atoms with E-state index in [1.807, 2.05) is 37.4 Å². The Morgan fingerprint density at radius 3 is 2.44 bits per heavy atom. The molecule has 0 unspecified atom stereocenters. The van der Waals surface area contributed by atoms with E-state index in [-0.39, 0.29) is 16.8 Å². The number of nitrogens with zero attached hydrogens (tertiary/aromatic N) is 4. The van der Waals surface area contributed by atoms with Crippen molar-refractivity contribution in [2.24, 2.45) is 5.41 Å². The van der Waals surface area contributed by atoms with Crippen LogP contribution in [0.2, 0.25) is 0 Å². The van der Waals surface area contributed by atoms with E-state index in [0.717, 1.165) is 78.0 Å². The van der Waals surface area contributed by atoms with Gasteiger partial charge < -0.3 is 9.72 Å². The first-order chi connectivity index (χ1) is 15.5. The number of hydrogen-bond donors (Lipinski definition) is 1. The molecule has 32 heavy (non-hydrogen) atoms. The zero-order chi connectivity index (χ0) is 22.3. The van der Waals surface area contributed by atoms with Crippen LogP contribution < -0.4 is 0 Å². The fourth-order valence-corrected chi connectivity index (χ4v) is 5.67. The molecule has 2 bridgehead atoms. The van der Waals surface area contributed by atoms with Gasteiger partial charge in [0.1, 0.15) is 11.5 Å². The highest BCUT2D eigenvalue weighted by atomic mass is 32.2. The highest BCUT2D eigenvalue weighted by molar-refractivity contribution is 7.98. The number of methoxy groups -OCH3 is 1. The molecule has 3 aromatic rings. The van der Waals surface area contributed by atoms with Crippen LogP contribution in [0.15, 0.2) is 35.6 Å². The predicted octanol–water partition coefficient (Wildman–Crippen LogP) is 4.72. The van der Waals surface area contributed by atoms with E-state index in [9.17, 15) is 4.79 Å². The quantitative estimate of drug-likeness (QED) is 0.342. The van der Waals surface area contributed by atoms with Crippen molar-refractivity contribution in [1.29, 1.82) is 0 Å². The number of ether oxygens (including phenoxy) is 1. The van der Waals surface area contributed by atoms with Gasteiger partial charge in [0.2, 0.25) is 0 Å². The third-order valence-corrected chi connectivity index (χ3v) is 7.84. The van der Waals surface area contributed by atoms with Gasteiger partial charge >= 0.3 is 5.97 Å². The van der Waals surface area contributed by atoms with Gasteiger partial charge in [0.05, 0.1) is 29.6 Å². The molecule has 3 aliphatic rings. The minimum Gasteiger partial charge on any atom is -0.469 e. The van der Waals surface area contributed by atoms with Crippen LogP contribution >= 0.6 is 11.8 Å². The molecular weight excluding hydrogens is 422 g/mol. The van der Waals surface area contributed by atoms with Crippen molar-refractivity contribution in [2.45, 2.75) is 56.0 Å². The second kappa shape index (κ2) is 7.99. The number of hydrogen-bond acceptors (Lipinski definition) is 7. The van der Waals surface area contributed by atoms with Gasteiger partial charge in [-0.15, -0.1) is 0 Å². The third kappa shape index (κ3) is 3.41. The van der Waals surface area contributed by atoms with E-state index in [0.29, 0.717) is 0 Å². The van der Waals surface area contributed by atoms with Crippen molar-refractivity contribution in [3.8, 4) is 22.8 Å². The van der Waals surface area contributed by atoms with Crippen molar-refractivity contribution in [3.05, 3.63) is 42.0 Å². The van der Waals surface area contributed by atoms with Gasteiger partial charge in [0.25, 0.3) is 0 Å². The highest BCUT2D eigenvalue weighted by Crippen LogP contribution is 2.58. The summed E-state index contributed by atoms with van der Waals surface area (Å²) in [5.74, 6) is 0.925. The predicted molar refractivity (Wildman–Crippen MR) is 123 cm³/mol. The van der Waals surface area contributed by atoms with Crippen LogP contribution in [0.3, 0.4) is 0 Å². The van der Waals surface area contributed by atoms with Crippen molar-refractivity contribution in [3.63, 3.8) is 0 Å². The first-order valence-electron chi connectivity index (χ1n) is 11.0. The van der Waals surface area contributed by atoms with Crippen LogP contribution in [0.4, 0.5) is 0 Å². The molecule has 3 aromatic heterocycles. The molecular formula is C24H27N5O2S. The molecule has 3 aliphatic carbocycles. The van der Waals surface area contributed by atoms with Gasteiger partial charge in [0.15, 0.2) is 5.16 Å². The fraction of sp³-hybridized carbons (Fsp3) is 0.458. The molecule has 3 saturated carbocycles. The summed E-state index contributed by atoms with van der Waals surface area (Å²) < 4.78 is 5.13. The molecule has 0 radical (unpaired) electrons. The van der Waals surface area contributed by atoms with Crippen LogP contribution in [0, 0.1) is 12.3 Å². The number of carbonyl (C=O) groups is 1. The molecule has 0 aromatic carbocycles. The lowest BCUT2D eigenvalue weighted by Crippen LogP contribution is -2.48. The van der Waals surface area contributed by atoms with E-state index < -0.39 is 0 Å². The van der Waals surface area contributed by atoms with Gasteiger partial charge in [-0.25, -0.2) is 15.0 Å². The van der Waals surface area contributed by atoms with Gasteiger partial charge in [-0.05, 0) is 69.9 Å². The molecule has 0 spiro atoms. The number of fused-ring (bicyclic) bond motifs is 3. The minimum absolute atomic E-state index is 0.0536. The number of esters is 1. The van der Waals surface area contributed by atoms with Crippen molar-refractivity contribution >= 4 is 17.7 Å². The Hall–Kier alpha value is -2.74. The Kier molecular flexibility index (Phi) is 5.28. The Labute approximate surface area is 191 Å². The Bertz CT molecular complexity index is 1150. The molecule has 0 aliphatic heterocycles. The summed E-state index contributed by atoms with van der Waals surface area (Å²) >= 11 is 1.52. The molecule has 0 saturated heterocycles. The summed E-state index contributed by atoms with van der Waals surface area (Å²) in [5.41, 5.74) is 3.92. The maximum atomic E-state index is 12.4. The van der Waals surface area contributed by atoms with Crippen LogP contribution in [0.1, 0.15) is 50.0 Å². The van der Waals surface area contributed by atoms with Crippen LogP contribution in [-0.2, 0) is 14.9 Å². The number of carbonyl (C=O) groups excluding carboxylic acids is 1. The average molecular weight is 450 g/mol. The standard InChI is InChI=1S/C24H27N5O2S/c1-15-5-4-6-16(26-15)18-19(17-7-14-25-22(27-17)32-3)29-20(28-18)23-8-11-24(12-9-23,13-10-23)21(30)31-2/h4-7,14H,8-13H2,1-3H3,(H,28,29). The summed E-state index contributed by atoms with van der Waals surface area (Å²) in [7, 11) is 1.50. The summed E-state index contributed by atoms with van der Waals surface area (Å²) in [6.07, 6.45) is 9.07. The zero-order valence-corrected chi connectivity index (χ0v) is 19.5. The largest absolute Gasteiger partial charge is 0.469 e. The van der Waals surface area contributed by atoms with E-state index in [4.69, 9.17) is 19.7 Å². The monoisotopic (exact) mass is 449 g/mol. The van der Waals surface area contributed by atoms with Crippen LogP contribution in [0.5, 0.6) is 0 Å². The SMILES string of the molecule is COC(=O)C12CCC(c3nc(-c4cccc(C)n4)c(-c4ccnc(SC)n4)[nH]3)(CC1)CC2. The molecule has 3 fully saturated rings. The number of aromatic nitrogens is 5. The fourth-order valence-electron chi connectivity index (χ4n) is 5.31. The van der Waals surface area contributed by atoms with Gasteiger partial charge in [-0.1, -0.05) is 17.8 Å². The van der Waals surface area contributed by atoms with E-state index >= 15 is 0 Å². The molecule has 166 valence electrons. The Morgan fingerprint density at radius 1 is 1.03 bits per heavy atom. The second-order valence-electron chi connectivity index (χ2n) is 8.95. The first-order valence-corrected chi connectivity index (χ1v) is 12.2. The van der Waals surface area contributed by atoms with Crippen molar-refractivity contribution in [2.75, 3.05) is 13.4 Å². The highest BCUT2D eigenvalue weighted by Gasteiger charge is 2.55. The van der Waals surface area contributed by atoms with Crippen LogP contribution in [-0.4, -0.2) is 44.3 Å². The van der Waals surface area contributed by atoms with E-state index in [1.165, 1.54) is 18.9 Å². The van der Waals surface area contributed by atoms with Gasteiger partial charge in [0, 0.05) is 17.3 Å². The lowest BCUT2D eigenvalue weighted by atomic mass is 9.53. The molecule has 1 N–H and O–H groups in total. The zero-order valence-electron chi connectivity index (χ0n) is 18.6. The Balaban J connectivity index is 1.59. The van der Waals surface area contributed by atoms with E-state index in [1.54, 1.807) is 6.20 Å². The summed E-state index contributed by atoms with van der Waals surface area (Å²) in [5, 5.41) is 0.721. The second-order valence-corrected chi connectivity index (χ2v) is 9.73. The van der Waals surface area contributed by atoms with Crippen molar-refractivity contribution < 1.29 is 9.53 Å². The maximum absolute atomic E-state index is 12.4. The normalized spacial score (nSPS) is 24.5. The lowest BCUT2D eigenvalue weighted by molar-refractivity contribution is -0.160. The van der Waals surface area contributed by atoms with Gasteiger partial charge in [-0.2, -0.15) is 0 Å². The molecule has 7 nitrogen and oxygen atoms in total. The molecule has 3 heterocycles. The minimum atomic E-state index is -0.313. The summed E-state index contributed by atoms with van der Waals surface area (Å²) in [6.45, 7) is 1.99.